The normalized spacial score (nSPS) is 15.5. The summed E-state index contributed by atoms with van der Waals surface area (Å²) in [6.07, 6.45) is 5.04. The molecule has 1 fully saturated rings. The first-order valence-electron chi connectivity index (χ1n) is 8.25. The Kier molecular flexibility index (Phi) is 6.44. The molecule has 1 heterocycles. The fourth-order valence-electron chi connectivity index (χ4n) is 2.81. The lowest BCUT2D eigenvalue weighted by molar-refractivity contribution is -0.131. The minimum absolute atomic E-state index is 0.0321. The Balaban J connectivity index is 1.66. The van der Waals surface area contributed by atoms with E-state index in [-0.39, 0.29) is 11.8 Å². The van der Waals surface area contributed by atoms with Crippen molar-refractivity contribution in [1.82, 2.24) is 10.2 Å². The summed E-state index contributed by atoms with van der Waals surface area (Å²) in [5.74, 6) is 0.231. The number of nitrogens with zero attached hydrogens (tertiary/aromatic N) is 1. The Labute approximate surface area is 132 Å². The van der Waals surface area contributed by atoms with Crippen LogP contribution in [0.15, 0.2) is 24.3 Å². The molecule has 1 N–H and O–H groups in total. The van der Waals surface area contributed by atoms with Crippen LogP contribution in [0.1, 0.15) is 43.2 Å². The summed E-state index contributed by atoms with van der Waals surface area (Å²) in [6.45, 7) is 4.07. The van der Waals surface area contributed by atoms with E-state index in [1.165, 1.54) is 11.1 Å². The van der Waals surface area contributed by atoms with Crippen LogP contribution in [0.4, 0.5) is 0 Å². The molecule has 0 aromatic heterocycles. The third-order valence-electron chi connectivity index (χ3n) is 4.10. The predicted molar refractivity (Wildman–Crippen MR) is 87.6 cm³/mol. The summed E-state index contributed by atoms with van der Waals surface area (Å²) in [5.41, 5.74) is 2.48. The molecule has 4 nitrogen and oxygen atoms in total. The molecule has 0 bridgehead atoms. The van der Waals surface area contributed by atoms with Crippen LogP contribution >= 0.6 is 0 Å². The van der Waals surface area contributed by atoms with E-state index < -0.39 is 0 Å². The maximum Gasteiger partial charge on any atom is 0.222 e. The molecule has 0 unspecified atom stereocenters. The molecular formula is C18H26N2O2. The van der Waals surface area contributed by atoms with Gasteiger partial charge in [0.2, 0.25) is 11.8 Å². The van der Waals surface area contributed by atoms with Crippen molar-refractivity contribution in [1.29, 1.82) is 0 Å². The van der Waals surface area contributed by atoms with Crippen molar-refractivity contribution in [2.75, 3.05) is 19.6 Å². The lowest BCUT2D eigenvalue weighted by Gasteiger charge is -2.20. The van der Waals surface area contributed by atoms with E-state index in [1.54, 1.807) is 0 Å². The minimum atomic E-state index is 0.0321. The zero-order chi connectivity index (χ0) is 15.8. The molecule has 1 aliphatic rings. The Bertz CT molecular complexity index is 514. The zero-order valence-corrected chi connectivity index (χ0v) is 13.4. The highest BCUT2D eigenvalue weighted by Gasteiger charge is 2.17. The maximum absolute atomic E-state index is 11.9. The molecule has 1 aliphatic heterocycles. The van der Waals surface area contributed by atoms with Crippen LogP contribution in [-0.2, 0) is 16.0 Å². The Hall–Kier alpha value is -1.84. The second-order valence-electron chi connectivity index (χ2n) is 6.03. The Morgan fingerprint density at radius 1 is 1.27 bits per heavy atom. The lowest BCUT2D eigenvalue weighted by atomic mass is 10.1. The number of nitrogens with one attached hydrogen (secondary N) is 1. The third-order valence-corrected chi connectivity index (χ3v) is 4.10. The highest BCUT2D eigenvalue weighted by molar-refractivity contribution is 5.79. The van der Waals surface area contributed by atoms with Crippen LogP contribution in [0.2, 0.25) is 0 Å². The first-order valence-corrected chi connectivity index (χ1v) is 8.25. The van der Waals surface area contributed by atoms with Crippen LogP contribution in [-0.4, -0.2) is 36.3 Å². The molecular weight excluding hydrogens is 276 g/mol. The molecule has 1 aromatic rings. The summed E-state index contributed by atoms with van der Waals surface area (Å²) in [6, 6.07) is 8.33. The van der Waals surface area contributed by atoms with Crippen molar-refractivity contribution in [3.63, 3.8) is 0 Å². The fourth-order valence-corrected chi connectivity index (χ4v) is 2.81. The summed E-state index contributed by atoms with van der Waals surface area (Å²) in [4.78, 5) is 25.6. The van der Waals surface area contributed by atoms with E-state index in [1.807, 2.05) is 11.0 Å². The van der Waals surface area contributed by atoms with Gasteiger partial charge in [-0.15, -0.1) is 0 Å². The van der Waals surface area contributed by atoms with Crippen molar-refractivity contribution in [3.05, 3.63) is 35.4 Å². The number of carbonyl (C=O) groups excluding carboxylic acids is 2. The minimum Gasteiger partial charge on any atom is -0.356 e. The first kappa shape index (κ1) is 16.5. The number of hydrogen-bond acceptors (Lipinski definition) is 2. The summed E-state index contributed by atoms with van der Waals surface area (Å²) in [7, 11) is 0. The van der Waals surface area contributed by atoms with Gasteiger partial charge in [0.1, 0.15) is 0 Å². The smallest absolute Gasteiger partial charge is 0.222 e. The van der Waals surface area contributed by atoms with Gasteiger partial charge in [-0.05, 0) is 31.7 Å². The maximum atomic E-state index is 11.9. The van der Waals surface area contributed by atoms with E-state index in [9.17, 15) is 9.59 Å². The van der Waals surface area contributed by atoms with Crippen LogP contribution in [0, 0.1) is 6.92 Å². The van der Waals surface area contributed by atoms with Gasteiger partial charge >= 0.3 is 0 Å². The number of amides is 2. The monoisotopic (exact) mass is 302 g/mol. The molecule has 0 saturated carbocycles. The van der Waals surface area contributed by atoms with Gasteiger partial charge in [-0.2, -0.15) is 0 Å². The van der Waals surface area contributed by atoms with Gasteiger partial charge in [0, 0.05) is 32.5 Å². The fraction of sp³-hybridized carbons (Fsp3) is 0.556. The van der Waals surface area contributed by atoms with Gasteiger partial charge in [0.05, 0.1) is 0 Å². The van der Waals surface area contributed by atoms with Crippen LogP contribution in [0.3, 0.4) is 0 Å². The summed E-state index contributed by atoms with van der Waals surface area (Å²) in [5, 5.41) is 2.94. The van der Waals surface area contributed by atoms with E-state index >= 15 is 0 Å². The van der Waals surface area contributed by atoms with Crippen molar-refractivity contribution < 1.29 is 9.59 Å². The number of carbonyl (C=O) groups is 2. The van der Waals surface area contributed by atoms with Gasteiger partial charge in [-0.25, -0.2) is 0 Å². The predicted octanol–water partition coefficient (Wildman–Crippen LogP) is 2.45. The second-order valence-corrected chi connectivity index (χ2v) is 6.03. The average molecular weight is 302 g/mol. The third kappa shape index (κ3) is 5.51. The molecule has 0 spiro atoms. The number of likely N-dealkylation sites (tertiary alicyclic amines) is 1. The van der Waals surface area contributed by atoms with Gasteiger partial charge in [0.25, 0.3) is 0 Å². The van der Waals surface area contributed by atoms with Crippen LogP contribution in [0.5, 0.6) is 0 Å². The number of rotatable bonds is 6. The summed E-state index contributed by atoms with van der Waals surface area (Å²) >= 11 is 0. The largest absolute Gasteiger partial charge is 0.356 e. The molecule has 0 atom stereocenters. The number of aryl methyl sites for hydroxylation is 1. The Morgan fingerprint density at radius 2 is 2.14 bits per heavy atom. The van der Waals surface area contributed by atoms with Gasteiger partial charge in [-0.3, -0.25) is 9.59 Å². The van der Waals surface area contributed by atoms with E-state index in [0.717, 1.165) is 32.2 Å². The Morgan fingerprint density at radius 3 is 2.95 bits per heavy atom. The van der Waals surface area contributed by atoms with Gasteiger partial charge < -0.3 is 10.2 Å². The molecule has 1 saturated heterocycles. The SMILES string of the molecule is Cc1cccc(CCNC(=O)CCN2CCCCCC2=O)c1. The topological polar surface area (TPSA) is 49.4 Å². The van der Waals surface area contributed by atoms with Gasteiger partial charge in [-0.1, -0.05) is 36.2 Å². The molecule has 2 rings (SSSR count). The van der Waals surface area contributed by atoms with E-state index in [0.29, 0.717) is 25.9 Å². The molecule has 22 heavy (non-hydrogen) atoms. The first-order chi connectivity index (χ1) is 10.6. The quantitative estimate of drug-likeness (QED) is 0.877. The van der Waals surface area contributed by atoms with Crippen molar-refractivity contribution in [2.45, 2.75) is 45.4 Å². The standard InChI is InChI=1S/C18H26N2O2/c1-15-6-5-7-16(14-15)9-11-19-17(21)10-13-20-12-4-2-3-8-18(20)22/h5-7,14H,2-4,8-13H2,1H3,(H,19,21). The van der Waals surface area contributed by atoms with Crippen molar-refractivity contribution in [3.8, 4) is 0 Å². The van der Waals surface area contributed by atoms with Crippen molar-refractivity contribution in [2.24, 2.45) is 0 Å². The molecule has 2 amide bonds. The van der Waals surface area contributed by atoms with Crippen LogP contribution < -0.4 is 5.32 Å². The molecule has 0 radical (unpaired) electrons. The molecule has 4 heteroatoms. The molecule has 0 aliphatic carbocycles. The van der Waals surface area contributed by atoms with Crippen molar-refractivity contribution >= 4 is 11.8 Å². The van der Waals surface area contributed by atoms with E-state index in [4.69, 9.17) is 0 Å². The number of hydrogen-bond donors (Lipinski definition) is 1. The zero-order valence-electron chi connectivity index (χ0n) is 13.4. The number of benzene rings is 1. The highest BCUT2D eigenvalue weighted by Crippen LogP contribution is 2.11. The summed E-state index contributed by atoms with van der Waals surface area (Å²) < 4.78 is 0. The van der Waals surface area contributed by atoms with Crippen LogP contribution in [0.25, 0.3) is 0 Å². The molecule has 1 aromatic carbocycles. The lowest BCUT2D eigenvalue weighted by Crippen LogP contribution is -2.35. The highest BCUT2D eigenvalue weighted by atomic mass is 16.2. The van der Waals surface area contributed by atoms with E-state index in [2.05, 4.69) is 30.4 Å². The average Bonchev–Trinajstić information content (AvgIpc) is 2.70. The van der Waals surface area contributed by atoms with Gasteiger partial charge in [0.15, 0.2) is 0 Å². The molecule has 120 valence electrons. The second kappa shape index (κ2) is 8.57.